The summed E-state index contributed by atoms with van der Waals surface area (Å²) < 4.78 is 1.54. The highest BCUT2D eigenvalue weighted by molar-refractivity contribution is 5.93. The molecular weight excluding hydrogens is 238 g/mol. The van der Waals surface area contributed by atoms with Crippen LogP contribution in [-0.4, -0.2) is 33.2 Å². The van der Waals surface area contributed by atoms with Gasteiger partial charge < -0.3 is 15.0 Å². The molecule has 7 nitrogen and oxygen atoms in total. The maximum atomic E-state index is 11.8. The fourth-order valence-corrected chi connectivity index (χ4v) is 1.50. The van der Waals surface area contributed by atoms with Crippen LogP contribution in [0.3, 0.4) is 0 Å². The maximum absolute atomic E-state index is 11.8. The number of rotatable bonds is 5. The van der Waals surface area contributed by atoms with E-state index in [9.17, 15) is 14.9 Å². The van der Waals surface area contributed by atoms with Crippen LogP contribution in [0.5, 0.6) is 0 Å². The van der Waals surface area contributed by atoms with Crippen molar-refractivity contribution in [1.29, 1.82) is 0 Å². The van der Waals surface area contributed by atoms with Crippen LogP contribution in [0.15, 0.2) is 12.3 Å². The first-order valence-corrected chi connectivity index (χ1v) is 5.65. The SMILES string of the molecule is CC(C)n1cc([N+](=O)[O-])cc1C(=O)NC[C@H](C)O. The average molecular weight is 255 g/mol. The van der Waals surface area contributed by atoms with Crippen molar-refractivity contribution in [1.82, 2.24) is 9.88 Å². The molecule has 0 aliphatic rings. The number of hydrogen-bond donors (Lipinski definition) is 2. The van der Waals surface area contributed by atoms with E-state index in [1.165, 1.54) is 16.8 Å². The Morgan fingerprint density at radius 3 is 2.61 bits per heavy atom. The minimum absolute atomic E-state index is 0.0639. The van der Waals surface area contributed by atoms with E-state index in [-0.39, 0.29) is 24.0 Å². The molecule has 1 amide bonds. The summed E-state index contributed by atoms with van der Waals surface area (Å²) in [6.45, 7) is 5.31. The lowest BCUT2D eigenvalue weighted by Crippen LogP contribution is -2.32. The van der Waals surface area contributed by atoms with E-state index in [1.807, 2.05) is 13.8 Å². The second-order valence-electron chi connectivity index (χ2n) is 4.40. The third-order valence-corrected chi connectivity index (χ3v) is 2.39. The van der Waals surface area contributed by atoms with Crippen LogP contribution >= 0.6 is 0 Å². The van der Waals surface area contributed by atoms with Gasteiger partial charge in [-0.15, -0.1) is 0 Å². The van der Waals surface area contributed by atoms with Crippen LogP contribution in [0.1, 0.15) is 37.3 Å². The van der Waals surface area contributed by atoms with Crippen molar-refractivity contribution < 1.29 is 14.8 Å². The molecule has 1 rings (SSSR count). The molecule has 0 aromatic carbocycles. The highest BCUT2D eigenvalue weighted by Gasteiger charge is 2.20. The fraction of sp³-hybridized carbons (Fsp3) is 0.545. The fourth-order valence-electron chi connectivity index (χ4n) is 1.50. The topological polar surface area (TPSA) is 97.4 Å². The van der Waals surface area contributed by atoms with Crippen molar-refractivity contribution in [3.05, 3.63) is 28.1 Å². The molecule has 0 saturated carbocycles. The van der Waals surface area contributed by atoms with Crippen LogP contribution in [0.4, 0.5) is 5.69 Å². The van der Waals surface area contributed by atoms with Crippen molar-refractivity contribution >= 4 is 11.6 Å². The lowest BCUT2D eigenvalue weighted by atomic mass is 10.3. The number of carbonyl (C=O) groups excluding carboxylic acids is 1. The molecule has 1 heterocycles. The lowest BCUT2D eigenvalue weighted by molar-refractivity contribution is -0.384. The molecule has 7 heteroatoms. The smallest absolute Gasteiger partial charge is 0.287 e. The second-order valence-corrected chi connectivity index (χ2v) is 4.40. The number of nitrogens with one attached hydrogen (secondary N) is 1. The Labute approximate surface area is 105 Å². The summed E-state index contributed by atoms with van der Waals surface area (Å²) in [7, 11) is 0. The molecule has 0 fully saturated rings. The molecule has 0 bridgehead atoms. The summed E-state index contributed by atoms with van der Waals surface area (Å²) in [5.41, 5.74) is 0.100. The molecule has 0 spiro atoms. The summed E-state index contributed by atoms with van der Waals surface area (Å²) in [5.74, 6) is -0.433. The van der Waals surface area contributed by atoms with Gasteiger partial charge in [-0.1, -0.05) is 0 Å². The number of nitro groups is 1. The zero-order valence-corrected chi connectivity index (χ0v) is 10.6. The number of carbonyl (C=O) groups is 1. The van der Waals surface area contributed by atoms with Crippen molar-refractivity contribution in [3.63, 3.8) is 0 Å². The average Bonchev–Trinajstić information content (AvgIpc) is 2.70. The van der Waals surface area contributed by atoms with E-state index in [4.69, 9.17) is 5.11 Å². The highest BCUT2D eigenvalue weighted by Crippen LogP contribution is 2.20. The normalized spacial score (nSPS) is 12.5. The Kier molecular flexibility index (Phi) is 4.43. The van der Waals surface area contributed by atoms with Gasteiger partial charge in [-0.2, -0.15) is 0 Å². The monoisotopic (exact) mass is 255 g/mol. The number of aliphatic hydroxyl groups excluding tert-OH is 1. The van der Waals surface area contributed by atoms with Gasteiger partial charge in [0.25, 0.3) is 11.6 Å². The van der Waals surface area contributed by atoms with Gasteiger partial charge in [0.05, 0.1) is 17.2 Å². The number of nitrogens with zero attached hydrogens (tertiary/aromatic N) is 2. The molecule has 1 aromatic heterocycles. The van der Waals surface area contributed by atoms with Crippen molar-refractivity contribution in [2.45, 2.75) is 32.9 Å². The van der Waals surface area contributed by atoms with Gasteiger partial charge in [0.15, 0.2) is 0 Å². The standard InChI is InChI=1S/C11H17N3O4/c1-7(2)13-6-9(14(17)18)4-10(13)11(16)12-5-8(3)15/h4,6-8,15H,5H2,1-3H3,(H,12,16)/t8-/m0/s1. The van der Waals surface area contributed by atoms with Crippen LogP contribution < -0.4 is 5.32 Å². The van der Waals surface area contributed by atoms with Gasteiger partial charge >= 0.3 is 0 Å². The van der Waals surface area contributed by atoms with Gasteiger partial charge in [0, 0.05) is 18.7 Å². The zero-order chi connectivity index (χ0) is 13.9. The van der Waals surface area contributed by atoms with E-state index < -0.39 is 16.9 Å². The number of hydrogen-bond acceptors (Lipinski definition) is 4. The first-order chi connectivity index (χ1) is 8.32. The Balaban J connectivity index is 2.98. The quantitative estimate of drug-likeness (QED) is 0.607. The largest absolute Gasteiger partial charge is 0.392 e. The highest BCUT2D eigenvalue weighted by atomic mass is 16.6. The maximum Gasteiger partial charge on any atom is 0.287 e. The Morgan fingerprint density at radius 2 is 2.17 bits per heavy atom. The van der Waals surface area contributed by atoms with Crippen molar-refractivity contribution in [2.75, 3.05) is 6.54 Å². The molecule has 1 atom stereocenters. The Morgan fingerprint density at radius 1 is 1.56 bits per heavy atom. The van der Waals surface area contributed by atoms with Gasteiger partial charge in [-0.3, -0.25) is 14.9 Å². The second kappa shape index (κ2) is 5.63. The predicted octanol–water partition coefficient (Wildman–Crippen LogP) is 1.09. The molecule has 0 radical (unpaired) electrons. The predicted molar refractivity (Wildman–Crippen MR) is 65.5 cm³/mol. The van der Waals surface area contributed by atoms with Gasteiger partial charge in [0.1, 0.15) is 5.69 Å². The minimum atomic E-state index is -0.661. The third kappa shape index (κ3) is 3.30. The number of aromatic nitrogens is 1. The van der Waals surface area contributed by atoms with Crippen LogP contribution in [0.2, 0.25) is 0 Å². The van der Waals surface area contributed by atoms with E-state index in [2.05, 4.69) is 5.32 Å². The molecular formula is C11H17N3O4. The minimum Gasteiger partial charge on any atom is -0.392 e. The Hall–Kier alpha value is -1.89. The van der Waals surface area contributed by atoms with E-state index in [0.29, 0.717) is 0 Å². The first kappa shape index (κ1) is 14.2. The van der Waals surface area contributed by atoms with Gasteiger partial charge in [-0.25, -0.2) is 0 Å². The van der Waals surface area contributed by atoms with Crippen molar-refractivity contribution in [3.8, 4) is 0 Å². The molecule has 1 aromatic rings. The van der Waals surface area contributed by atoms with Gasteiger partial charge in [0.2, 0.25) is 0 Å². The number of amides is 1. The molecule has 0 aliphatic heterocycles. The number of aliphatic hydroxyl groups is 1. The summed E-state index contributed by atoms with van der Waals surface area (Å²) in [4.78, 5) is 22.0. The molecule has 100 valence electrons. The molecule has 0 unspecified atom stereocenters. The molecule has 0 aliphatic carbocycles. The summed E-state index contributed by atoms with van der Waals surface area (Å²) in [6, 6.07) is 1.17. The van der Waals surface area contributed by atoms with E-state index >= 15 is 0 Å². The lowest BCUT2D eigenvalue weighted by Gasteiger charge is -2.12. The zero-order valence-electron chi connectivity index (χ0n) is 10.6. The molecule has 2 N–H and O–H groups in total. The molecule has 0 saturated heterocycles. The third-order valence-electron chi connectivity index (χ3n) is 2.39. The van der Waals surface area contributed by atoms with Crippen LogP contribution in [-0.2, 0) is 0 Å². The summed E-state index contributed by atoms with van der Waals surface area (Å²) >= 11 is 0. The Bertz CT molecular complexity index is 451. The van der Waals surface area contributed by atoms with E-state index in [1.54, 1.807) is 6.92 Å². The van der Waals surface area contributed by atoms with E-state index in [0.717, 1.165) is 0 Å². The molecule has 18 heavy (non-hydrogen) atoms. The van der Waals surface area contributed by atoms with Crippen LogP contribution in [0.25, 0.3) is 0 Å². The first-order valence-electron chi connectivity index (χ1n) is 5.65. The van der Waals surface area contributed by atoms with Gasteiger partial charge in [-0.05, 0) is 20.8 Å². The van der Waals surface area contributed by atoms with Crippen LogP contribution in [0, 0.1) is 10.1 Å². The summed E-state index contributed by atoms with van der Waals surface area (Å²) in [6.07, 6.45) is 0.675. The summed E-state index contributed by atoms with van der Waals surface area (Å²) in [5, 5.41) is 22.3. The van der Waals surface area contributed by atoms with Crippen molar-refractivity contribution in [2.24, 2.45) is 0 Å².